The molecule has 0 atom stereocenters. The predicted octanol–water partition coefficient (Wildman–Crippen LogP) is 4.24. The van der Waals surface area contributed by atoms with Crippen molar-refractivity contribution in [2.24, 2.45) is 0 Å². The number of hydrogen-bond acceptors (Lipinski definition) is 2. The highest BCUT2D eigenvalue weighted by Crippen LogP contribution is 2.29. The standard InChI is InChI=1S/C14H13BrClNO2S/c1-10-3-6-12(7-4-10)20(18,19)17(2)11-5-8-13(15)14(16)9-11/h3-9H,1-2H3. The largest absolute Gasteiger partial charge is 0.269 e. The Hall–Kier alpha value is -1.04. The molecule has 2 aromatic rings. The van der Waals surface area contributed by atoms with E-state index in [4.69, 9.17) is 11.6 Å². The maximum Gasteiger partial charge on any atom is 0.264 e. The van der Waals surface area contributed by atoms with Crippen molar-refractivity contribution in [2.45, 2.75) is 11.8 Å². The summed E-state index contributed by atoms with van der Waals surface area (Å²) in [7, 11) is -2.07. The summed E-state index contributed by atoms with van der Waals surface area (Å²) in [6.45, 7) is 1.91. The number of rotatable bonds is 3. The van der Waals surface area contributed by atoms with E-state index in [-0.39, 0.29) is 4.90 Å². The van der Waals surface area contributed by atoms with Crippen molar-refractivity contribution in [1.82, 2.24) is 0 Å². The molecule has 0 N–H and O–H groups in total. The first kappa shape index (κ1) is 15.4. The van der Waals surface area contributed by atoms with Crippen molar-refractivity contribution >= 4 is 43.2 Å². The Morgan fingerprint density at radius 3 is 2.25 bits per heavy atom. The second-order valence-corrected chi connectivity index (χ2v) is 7.61. The highest BCUT2D eigenvalue weighted by atomic mass is 79.9. The predicted molar refractivity (Wildman–Crippen MR) is 85.9 cm³/mol. The highest BCUT2D eigenvalue weighted by molar-refractivity contribution is 9.10. The van der Waals surface area contributed by atoms with Crippen molar-refractivity contribution in [2.75, 3.05) is 11.4 Å². The van der Waals surface area contributed by atoms with Crippen molar-refractivity contribution in [3.63, 3.8) is 0 Å². The summed E-state index contributed by atoms with van der Waals surface area (Å²) >= 11 is 9.29. The number of hydrogen-bond donors (Lipinski definition) is 0. The third-order valence-corrected chi connectivity index (χ3v) is 5.98. The highest BCUT2D eigenvalue weighted by Gasteiger charge is 2.21. The number of sulfonamides is 1. The molecule has 2 aromatic carbocycles. The molecule has 0 heterocycles. The van der Waals surface area contributed by atoms with E-state index in [0.717, 1.165) is 10.0 Å². The smallest absolute Gasteiger partial charge is 0.264 e. The zero-order valence-corrected chi connectivity index (χ0v) is 14.1. The van der Waals surface area contributed by atoms with Crippen LogP contribution in [-0.2, 0) is 10.0 Å². The number of anilines is 1. The second-order valence-electron chi connectivity index (χ2n) is 4.38. The third-order valence-electron chi connectivity index (χ3n) is 2.95. The Morgan fingerprint density at radius 1 is 1.10 bits per heavy atom. The molecular weight excluding hydrogens is 362 g/mol. The lowest BCUT2D eigenvalue weighted by Gasteiger charge is -2.20. The minimum Gasteiger partial charge on any atom is -0.269 e. The van der Waals surface area contributed by atoms with E-state index in [0.29, 0.717) is 10.7 Å². The van der Waals surface area contributed by atoms with Crippen molar-refractivity contribution in [1.29, 1.82) is 0 Å². The Bertz CT molecular complexity index is 729. The molecule has 6 heteroatoms. The molecule has 106 valence electrons. The lowest BCUT2D eigenvalue weighted by atomic mass is 10.2. The van der Waals surface area contributed by atoms with E-state index in [9.17, 15) is 8.42 Å². The van der Waals surface area contributed by atoms with Crippen LogP contribution in [0, 0.1) is 6.92 Å². The van der Waals surface area contributed by atoms with E-state index in [1.54, 1.807) is 42.5 Å². The molecule has 0 saturated carbocycles. The molecule has 0 unspecified atom stereocenters. The average Bonchev–Trinajstić information content (AvgIpc) is 2.41. The van der Waals surface area contributed by atoms with Gasteiger partial charge in [-0.05, 0) is 53.2 Å². The topological polar surface area (TPSA) is 37.4 Å². The minimum absolute atomic E-state index is 0.254. The molecular formula is C14H13BrClNO2S. The third kappa shape index (κ3) is 3.00. The van der Waals surface area contributed by atoms with Gasteiger partial charge in [0.25, 0.3) is 10.0 Å². The Kier molecular flexibility index (Phi) is 4.42. The summed E-state index contributed by atoms with van der Waals surface area (Å²) in [4.78, 5) is 0.254. The normalized spacial score (nSPS) is 11.4. The van der Waals surface area contributed by atoms with Crippen LogP contribution in [0.4, 0.5) is 5.69 Å². The van der Waals surface area contributed by atoms with Crippen molar-refractivity contribution < 1.29 is 8.42 Å². The summed E-state index contributed by atoms with van der Waals surface area (Å²) in [6, 6.07) is 11.8. The first-order valence-corrected chi connectivity index (χ1v) is 8.44. The fraction of sp³-hybridized carbons (Fsp3) is 0.143. The van der Waals surface area contributed by atoms with Crippen LogP contribution in [0.25, 0.3) is 0 Å². The Labute approximate surface area is 132 Å². The molecule has 0 aliphatic rings. The van der Waals surface area contributed by atoms with Gasteiger partial charge in [-0.3, -0.25) is 4.31 Å². The SMILES string of the molecule is Cc1ccc(S(=O)(=O)N(C)c2ccc(Br)c(Cl)c2)cc1. The zero-order chi connectivity index (χ0) is 14.9. The van der Waals surface area contributed by atoms with Crippen LogP contribution in [0.15, 0.2) is 51.8 Å². The van der Waals surface area contributed by atoms with Crippen LogP contribution in [-0.4, -0.2) is 15.5 Å². The molecule has 0 radical (unpaired) electrons. The van der Waals surface area contributed by atoms with Gasteiger partial charge in [0.05, 0.1) is 15.6 Å². The first-order valence-electron chi connectivity index (χ1n) is 5.83. The lowest BCUT2D eigenvalue weighted by molar-refractivity contribution is 0.594. The van der Waals surface area contributed by atoms with E-state index in [1.807, 2.05) is 6.92 Å². The summed E-state index contributed by atoms with van der Waals surface area (Å²) in [5.74, 6) is 0. The Balaban J connectivity index is 2.42. The fourth-order valence-corrected chi connectivity index (χ4v) is 3.30. The molecule has 0 amide bonds. The van der Waals surface area contributed by atoms with Crippen LogP contribution in [0.3, 0.4) is 0 Å². The van der Waals surface area contributed by atoms with Gasteiger partial charge >= 0.3 is 0 Å². The molecule has 0 spiro atoms. The molecule has 3 nitrogen and oxygen atoms in total. The Morgan fingerprint density at radius 2 is 1.70 bits per heavy atom. The number of benzene rings is 2. The summed E-state index contributed by atoms with van der Waals surface area (Å²) in [6.07, 6.45) is 0. The number of nitrogens with zero attached hydrogens (tertiary/aromatic N) is 1. The van der Waals surface area contributed by atoms with Crippen molar-refractivity contribution in [3.05, 3.63) is 57.5 Å². The molecule has 2 rings (SSSR count). The van der Waals surface area contributed by atoms with Gasteiger partial charge in [-0.25, -0.2) is 8.42 Å². The summed E-state index contributed by atoms with van der Waals surface area (Å²) < 4.78 is 27.0. The summed E-state index contributed by atoms with van der Waals surface area (Å²) in [5.41, 5.74) is 1.53. The first-order chi connectivity index (χ1) is 9.32. The van der Waals surface area contributed by atoms with Crippen LogP contribution >= 0.6 is 27.5 Å². The van der Waals surface area contributed by atoms with Gasteiger partial charge < -0.3 is 0 Å². The monoisotopic (exact) mass is 373 g/mol. The average molecular weight is 375 g/mol. The summed E-state index contributed by atoms with van der Waals surface area (Å²) in [5, 5.41) is 0.466. The van der Waals surface area contributed by atoms with Crippen LogP contribution in [0.1, 0.15) is 5.56 Å². The molecule has 20 heavy (non-hydrogen) atoms. The van der Waals surface area contributed by atoms with Gasteiger partial charge in [0.1, 0.15) is 0 Å². The number of halogens is 2. The van der Waals surface area contributed by atoms with Gasteiger partial charge in [0.2, 0.25) is 0 Å². The van der Waals surface area contributed by atoms with Gasteiger partial charge in [0, 0.05) is 11.5 Å². The van der Waals surface area contributed by atoms with Crippen LogP contribution in [0.5, 0.6) is 0 Å². The zero-order valence-electron chi connectivity index (χ0n) is 11.0. The van der Waals surface area contributed by atoms with Gasteiger partial charge in [0.15, 0.2) is 0 Å². The van der Waals surface area contributed by atoms with Gasteiger partial charge in [-0.2, -0.15) is 0 Å². The second kappa shape index (κ2) is 5.76. The van der Waals surface area contributed by atoms with E-state index in [1.165, 1.54) is 11.4 Å². The van der Waals surface area contributed by atoms with E-state index >= 15 is 0 Å². The molecule has 0 fully saturated rings. The van der Waals surface area contributed by atoms with Crippen LogP contribution < -0.4 is 4.31 Å². The minimum atomic E-state index is -3.58. The molecule has 0 aliphatic heterocycles. The van der Waals surface area contributed by atoms with Gasteiger partial charge in [-0.1, -0.05) is 29.3 Å². The molecule has 0 aliphatic carbocycles. The number of aryl methyl sites for hydroxylation is 1. The van der Waals surface area contributed by atoms with Gasteiger partial charge in [-0.15, -0.1) is 0 Å². The molecule has 0 aromatic heterocycles. The quantitative estimate of drug-likeness (QED) is 0.806. The van der Waals surface area contributed by atoms with E-state index in [2.05, 4.69) is 15.9 Å². The maximum absolute atomic E-state index is 12.5. The lowest BCUT2D eigenvalue weighted by Crippen LogP contribution is -2.26. The molecule has 0 bridgehead atoms. The van der Waals surface area contributed by atoms with Crippen LogP contribution in [0.2, 0.25) is 5.02 Å². The van der Waals surface area contributed by atoms with Crippen molar-refractivity contribution in [3.8, 4) is 0 Å². The fourth-order valence-electron chi connectivity index (χ4n) is 1.69. The maximum atomic E-state index is 12.5. The van der Waals surface area contributed by atoms with E-state index < -0.39 is 10.0 Å². The molecule has 0 saturated heterocycles.